The van der Waals surface area contributed by atoms with E-state index in [9.17, 15) is 8.78 Å². The Hall–Kier alpha value is -2.05. The topological polar surface area (TPSA) is 79.9 Å². The highest BCUT2D eigenvalue weighted by Crippen LogP contribution is 2.25. The maximum absolute atomic E-state index is 12.1. The molecule has 0 amide bonds. The number of amidine groups is 1. The van der Waals surface area contributed by atoms with Crippen molar-refractivity contribution < 1.29 is 18.7 Å². The minimum Gasteiger partial charge on any atom is -0.433 e. The van der Waals surface area contributed by atoms with Crippen LogP contribution in [0, 0.1) is 0 Å². The molecule has 0 aliphatic heterocycles. The van der Waals surface area contributed by atoms with E-state index in [0.717, 1.165) is 0 Å². The second-order valence-corrected chi connectivity index (χ2v) is 3.14. The fourth-order valence-electron chi connectivity index (χ4n) is 1.19. The summed E-state index contributed by atoms with van der Waals surface area (Å²) in [5.74, 6) is 0.117. The third-order valence-electron chi connectivity index (χ3n) is 1.93. The number of hydrogen-bond acceptors (Lipinski definition) is 4. The number of anilines is 1. The lowest BCUT2D eigenvalue weighted by atomic mass is 10.3. The zero-order chi connectivity index (χ0) is 12.7. The molecule has 0 aliphatic carbocycles. The summed E-state index contributed by atoms with van der Waals surface area (Å²) in [7, 11) is 0. The monoisotopic (exact) mass is 245 g/mol. The second kappa shape index (κ2) is 6.51. The largest absolute Gasteiger partial charge is 0.433 e. The molecular formula is C10H13F2N3O2. The molecule has 0 heterocycles. The van der Waals surface area contributed by atoms with E-state index in [0.29, 0.717) is 18.7 Å². The van der Waals surface area contributed by atoms with E-state index in [-0.39, 0.29) is 11.6 Å². The molecule has 1 rings (SSSR count). The molecule has 0 unspecified atom stereocenters. The summed E-state index contributed by atoms with van der Waals surface area (Å²) >= 11 is 0. The highest BCUT2D eigenvalue weighted by atomic mass is 19.3. The summed E-state index contributed by atoms with van der Waals surface area (Å²) in [5.41, 5.74) is 5.69. The maximum atomic E-state index is 12.1. The Labute approximate surface area is 96.9 Å². The van der Waals surface area contributed by atoms with Crippen LogP contribution in [0.4, 0.5) is 14.5 Å². The van der Waals surface area contributed by atoms with Gasteiger partial charge in [-0.1, -0.05) is 17.3 Å². The predicted octanol–water partition coefficient (Wildman–Crippen LogP) is 1.84. The van der Waals surface area contributed by atoms with Crippen LogP contribution in [0.5, 0.6) is 5.75 Å². The number of alkyl halides is 2. The predicted molar refractivity (Wildman–Crippen MR) is 59.6 cm³/mol. The van der Waals surface area contributed by atoms with Gasteiger partial charge in [-0.15, -0.1) is 0 Å². The van der Waals surface area contributed by atoms with Crippen molar-refractivity contribution in [3.8, 4) is 5.75 Å². The van der Waals surface area contributed by atoms with Crippen LogP contribution in [0.1, 0.15) is 6.42 Å². The molecule has 17 heavy (non-hydrogen) atoms. The Morgan fingerprint density at radius 3 is 2.82 bits per heavy atom. The molecule has 0 saturated heterocycles. The Morgan fingerprint density at radius 1 is 1.47 bits per heavy atom. The van der Waals surface area contributed by atoms with Gasteiger partial charge in [0, 0.05) is 13.0 Å². The minimum absolute atomic E-state index is 0.0574. The molecule has 4 N–H and O–H groups in total. The first-order valence-corrected chi connectivity index (χ1v) is 4.87. The van der Waals surface area contributed by atoms with Gasteiger partial charge in [-0.3, -0.25) is 0 Å². The second-order valence-electron chi connectivity index (χ2n) is 3.14. The number of oxime groups is 1. The summed E-state index contributed by atoms with van der Waals surface area (Å²) in [4.78, 5) is 0. The van der Waals surface area contributed by atoms with Crippen molar-refractivity contribution in [2.75, 3.05) is 11.9 Å². The lowest BCUT2D eigenvalue weighted by Gasteiger charge is -2.11. The molecular weight excluding hydrogens is 232 g/mol. The summed E-state index contributed by atoms with van der Waals surface area (Å²) < 4.78 is 28.5. The van der Waals surface area contributed by atoms with Crippen LogP contribution in [-0.4, -0.2) is 24.2 Å². The van der Waals surface area contributed by atoms with E-state index in [2.05, 4.69) is 15.2 Å². The van der Waals surface area contributed by atoms with E-state index in [1.54, 1.807) is 18.2 Å². The number of hydrogen-bond donors (Lipinski definition) is 3. The lowest BCUT2D eigenvalue weighted by Crippen LogP contribution is -2.17. The van der Waals surface area contributed by atoms with Crippen molar-refractivity contribution in [3.05, 3.63) is 24.3 Å². The van der Waals surface area contributed by atoms with Crippen molar-refractivity contribution in [2.24, 2.45) is 10.9 Å². The van der Waals surface area contributed by atoms with Gasteiger partial charge in [-0.05, 0) is 12.1 Å². The Kier molecular flexibility index (Phi) is 4.99. The van der Waals surface area contributed by atoms with Crippen LogP contribution in [0.15, 0.2) is 29.4 Å². The van der Waals surface area contributed by atoms with E-state index >= 15 is 0 Å². The molecule has 0 spiro atoms. The standard InChI is InChI=1S/C10H13F2N3O2/c11-10(12)17-8-4-2-1-3-7(8)14-6-5-9(13)15-16/h1-4,10,14,16H,5-6H2,(H2,13,15). The number of ether oxygens (including phenoxy) is 1. The highest BCUT2D eigenvalue weighted by Gasteiger charge is 2.08. The summed E-state index contributed by atoms with van der Waals surface area (Å²) in [5, 5.41) is 14.0. The van der Waals surface area contributed by atoms with Crippen LogP contribution < -0.4 is 15.8 Å². The SMILES string of the molecule is N/C(CCNc1ccccc1OC(F)F)=N\O. The summed E-state index contributed by atoms with van der Waals surface area (Å²) in [6, 6.07) is 6.30. The Bertz CT molecular complexity index is 386. The first kappa shape index (κ1) is 13.0. The van der Waals surface area contributed by atoms with Crippen LogP contribution >= 0.6 is 0 Å². The van der Waals surface area contributed by atoms with Crippen LogP contribution in [0.3, 0.4) is 0 Å². The summed E-state index contributed by atoms with van der Waals surface area (Å²) in [6.45, 7) is -2.53. The van der Waals surface area contributed by atoms with Crippen molar-refractivity contribution in [3.63, 3.8) is 0 Å². The summed E-state index contributed by atoms with van der Waals surface area (Å²) in [6.07, 6.45) is 0.291. The molecule has 7 heteroatoms. The number of nitrogens with zero attached hydrogens (tertiary/aromatic N) is 1. The smallest absolute Gasteiger partial charge is 0.387 e. The molecule has 0 atom stereocenters. The van der Waals surface area contributed by atoms with Gasteiger partial charge in [0.15, 0.2) is 0 Å². The molecule has 0 aliphatic rings. The van der Waals surface area contributed by atoms with Gasteiger partial charge in [-0.2, -0.15) is 8.78 Å². The molecule has 5 nitrogen and oxygen atoms in total. The van der Waals surface area contributed by atoms with Gasteiger partial charge in [0.05, 0.1) is 5.69 Å². The molecule has 0 fully saturated rings. The molecule has 1 aromatic rings. The number of para-hydroxylation sites is 2. The number of halogens is 2. The molecule has 0 radical (unpaired) electrons. The van der Waals surface area contributed by atoms with Crippen molar-refractivity contribution in [2.45, 2.75) is 13.0 Å². The molecule has 0 bridgehead atoms. The first-order chi connectivity index (χ1) is 8.13. The highest BCUT2D eigenvalue weighted by molar-refractivity contribution is 5.80. The third kappa shape index (κ3) is 4.54. The van der Waals surface area contributed by atoms with E-state index in [1.807, 2.05) is 0 Å². The molecule has 1 aromatic carbocycles. The van der Waals surface area contributed by atoms with Gasteiger partial charge in [0.25, 0.3) is 0 Å². The van der Waals surface area contributed by atoms with Gasteiger partial charge in [0.1, 0.15) is 11.6 Å². The van der Waals surface area contributed by atoms with E-state index < -0.39 is 6.61 Å². The number of nitrogens with two attached hydrogens (primary N) is 1. The average Bonchev–Trinajstić information content (AvgIpc) is 2.30. The minimum atomic E-state index is -2.87. The van der Waals surface area contributed by atoms with Gasteiger partial charge in [0.2, 0.25) is 0 Å². The molecule has 0 aromatic heterocycles. The van der Waals surface area contributed by atoms with Crippen LogP contribution in [-0.2, 0) is 0 Å². The van der Waals surface area contributed by atoms with Gasteiger partial charge >= 0.3 is 6.61 Å². The average molecular weight is 245 g/mol. The van der Waals surface area contributed by atoms with E-state index in [4.69, 9.17) is 10.9 Å². The zero-order valence-corrected chi connectivity index (χ0v) is 8.94. The number of nitrogens with one attached hydrogen (secondary N) is 1. The number of rotatable bonds is 6. The number of benzene rings is 1. The van der Waals surface area contributed by atoms with Crippen molar-refractivity contribution >= 4 is 11.5 Å². The van der Waals surface area contributed by atoms with Crippen LogP contribution in [0.25, 0.3) is 0 Å². The molecule has 0 saturated carbocycles. The Balaban J connectivity index is 2.57. The van der Waals surface area contributed by atoms with Gasteiger partial charge in [-0.25, -0.2) is 0 Å². The lowest BCUT2D eigenvalue weighted by molar-refractivity contribution is -0.0493. The normalized spacial score (nSPS) is 11.6. The van der Waals surface area contributed by atoms with E-state index in [1.165, 1.54) is 6.07 Å². The zero-order valence-electron chi connectivity index (χ0n) is 8.94. The quantitative estimate of drug-likeness (QED) is 0.309. The van der Waals surface area contributed by atoms with Gasteiger partial charge < -0.3 is 21.0 Å². The fourth-order valence-corrected chi connectivity index (χ4v) is 1.19. The molecule has 94 valence electrons. The van der Waals surface area contributed by atoms with Crippen LogP contribution in [0.2, 0.25) is 0 Å². The first-order valence-electron chi connectivity index (χ1n) is 4.87. The van der Waals surface area contributed by atoms with Crippen molar-refractivity contribution in [1.29, 1.82) is 0 Å². The Morgan fingerprint density at radius 2 is 2.18 bits per heavy atom. The van der Waals surface area contributed by atoms with Crippen molar-refractivity contribution in [1.82, 2.24) is 0 Å². The maximum Gasteiger partial charge on any atom is 0.387 e. The fraction of sp³-hybridized carbons (Fsp3) is 0.300. The third-order valence-corrected chi connectivity index (χ3v) is 1.93.